The molecular formula is C26H30N2O5. The Morgan fingerprint density at radius 1 is 1.30 bits per heavy atom. The van der Waals surface area contributed by atoms with Crippen LogP contribution >= 0.6 is 0 Å². The molecule has 0 bridgehead atoms. The third-order valence-electron chi connectivity index (χ3n) is 6.39. The first-order valence-corrected chi connectivity index (χ1v) is 11.3. The second-order valence-corrected chi connectivity index (χ2v) is 8.90. The number of aromatic nitrogens is 1. The Morgan fingerprint density at radius 3 is 2.70 bits per heavy atom. The van der Waals surface area contributed by atoms with E-state index in [1.807, 2.05) is 39.0 Å². The molecule has 0 spiro atoms. The van der Waals surface area contributed by atoms with Gasteiger partial charge in [-0.1, -0.05) is 19.9 Å². The summed E-state index contributed by atoms with van der Waals surface area (Å²) in [5.74, 6) is -0.680. The predicted octanol–water partition coefficient (Wildman–Crippen LogP) is 4.12. The van der Waals surface area contributed by atoms with Crippen molar-refractivity contribution in [3.8, 4) is 5.75 Å². The molecule has 7 nitrogen and oxygen atoms in total. The highest BCUT2D eigenvalue weighted by Gasteiger charge is 2.47. The van der Waals surface area contributed by atoms with Gasteiger partial charge in [0.2, 0.25) is 0 Å². The molecule has 1 N–H and O–H groups in total. The van der Waals surface area contributed by atoms with E-state index in [1.54, 1.807) is 25.4 Å². The summed E-state index contributed by atoms with van der Waals surface area (Å²) in [6, 6.07) is 8.27. The monoisotopic (exact) mass is 450 g/mol. The van der Waals surface area contributed by atoms with Gasteiger partial charge in [0.15, 0.2) is 0 Å². The molecule has 2 saturated heterocycles. The minimum absolute atomic E-state index is 0.0552. The van der Waals surface area contributed by atoms with E-state index < -0.39 is 17.7 Å². The number of nitrogens with zero attached hydrogens (tertiary/aromatic N) is 2. The molecule has 3 heterocycles. The van der Waals surface area contributed by atoms with Crippen molar-refractivity contribution in [3.05, 3.63) is 64.5 Å². The van der Waals surface area contributed by atoms with Crippen LogP contribution in [0, 0.1) is 6.92 Å². The number of rotatable bonds is 6. The van der Waals surface area contributed by atoms with Crippen molar-refractivity contribution in [1.82, 2.24) is 9.88 Å². The number of likely N-dealkylation sites (tertiary alicyclic amines) is 1. The first-order valence-electron chi connectivity index (χ1n) is 11.3. The van der Waals surface area contributed by atoms with Crippen molar-refractivity contribution in [1.29, 1.82) is 0 Å². The van der Waals surface area contributed by atoms with Crippen LogP contribution in [0.2, 0.25) is 0 Å². The number of benzene rings is 1. The largest absolute Gasteiger partial charge is 0.507 e. The molecule has 7 heteroatoms. The number of ether oxygens (including phenoxy) is 2. The summed E-state index contributed by atoms with van der Waals surface area (Å²) in [5.41, 5.74) is 2.76. The molecule has 0 saturated carbocycles. The quantitative estimate of drug-likeness (QED) is 0.405. The standard InChI is InChI=1S/C26H30N2O5/c1-15(2)18-13-19(16(3)12-21(18)32-4)24(29)22-23(20-9-5-6-10-27-20)28(26(31)25(22)30)14-17-8-7-11-33-17/h5-6,9-10,12-13,15,17,23,29H,7-8,11,14H2,1-4H3/b24-22+. The Hall–Kier alpha value is -3.19. The Bertz CT molecular complexity index is 1090. The third-order valence-corrected chi connectivity index (χ3v) is 6.39. The summed E-state index contributed by atoms with van der Waals surface area (Å²) in [6.45, 7) is 6.84. The van der Waals surface area contributed by atoms with E-state index in [9.17, 15) is 14.7 Å². The van der Waals surface area contributed by atoms with Crippen LogP contribution in [-0.2, 0) is 14.3 Å². The SMILES string of the molecule is COc1cc(C)c(/C(O)=C2\C(=O)C(=O)N(CC3CCCO3)C2c2ccccn2)cc1C(C)C. The highest BCUT2D eigenvalue weighted by atomic mass is 16.5. The van der Waals surface area contributed by atoms with Crippen molar-refractivity contribution in [3.63, 3.8) is 0 Å². The topological polar surface area (TPSA) is 89.0 Å². The summed E-state index contributed by atoms with van der Waals surface area (Å²) in [4.78, 5) is 32.3. The van der Waals surface area contributed by atoms with Crippen LogP contribution in [0.4, 0.5) is 0 Å². The number of methoxy groups -OCH3 is 1. The average Bonchev–Trinajstić information content (AvgIpc) is 3.41. The maximum absolute atomic E-state index is 13.2. The van der Waals surface area contributed by atoms with E-state index in [0.717, 1.165) is 29.7 Å². The first kappa shape index (κ1) is 23.0. The highest BCUT2D eigenvalue weighted by Crippen LogP contribution is 2.41. The first-order chi connectivity index (χ1) is 15.8. The maximum atomic E-state index is 13.2. The smallest absolute Gasteiger partial charge is 0.295 e. The highest BCUT2D eigenvalue weighted by molar-refractivity contribution is 6.46. The van der Waals surface area contributed by atoms with Crippen molar-refractivity contribution in [2.24, 2.45) is 0 Å². The van der Waals surface area contributed by atoms with E-state index in [4.69, 9.17) is 9.47 Å². The lowest BCUT2D eigenvalue weighted by atomic mass is 9.92. The van der Waals surface area contributed by atoms with E-state index in [-0.39, 0.29) is 29.9 Å². The Kier molecular flexibility index (Phi) is 6.51. The number of aryl methyl sites for hydroxylation is 1. The molecule has 2 fully saturated rings. The van der Waals surface area contributed by atoms with E-state index in [1.165, 1.54) is 4.90 Å². The molecule has 1 aromatic heterocycles. The summed E-state index contributed by atoms with van der Waals surface area (Å²) in [5, 5.41) is 11.4. The molecule has 1 amide bonds. The molecule has 33 heavy (non-hydrogen) atoms. The zero-order valence-corrected chi connectivity index (χ0v) is 19.5. The second-order valence-electron chi connectivity index (χ2n) is 8.90. The number of carbonyl (C=O) groups is 2. The Labute approximate surface area is 194 Å². The van der Waals surface area contributed by atoms with Gasteiger partial charge in [-0.25, -0.2) is 0 Å². The molecule has 0 radical (unpaired) electrons. The maximum Gasteiger partial charge on any atom is 0.295 e. The van der Waals surface area contributed by atoms with Crippen LogP contribution in [0.5, 0.6) is 5.75 Å². The number of aliphatic hydroxyl groups is 1. The number of hydrogen-bond acceptors (Lipinski definition) is 6. The summed E-state index contributed by atoms with van der Waals surface area (Å²) in [7, 11) is 1.61. The number of Topliss-reactive ketones (excluding diaryl/α,β-unsaturated/α-hetero) is 1. The summed E-state index contributed by atoms with van der Waals surface area (Å²) < 4.78 is 11.2. The predicted molar refractivity (Wildman–Crippen MR) is 124 cm³/mol. The van der Waals surface area contributed by atoms with Gasteiger partial charge in [0, 0.05) is 24.9 Å². The molecule has 174 valence electrons. The minimum Gasteiger partial charge on any atom is -0.507 e. The van der Waals surface area contributed by atoms with Gasteiger partial charge in [0.05, 0.1) is 24.5 Å². The van der Waals surface area contributed by atoms with Crippen LogP contribution in [0.1, 0.15) is 61.0 Å². The molecule has 4 rings (SSSR count). The fourth-order valence-corrected chi connectivity index (χ4v) is 4.65. The number of amides is 1. The number of hydrogen-bond donors (Lipinski definition) is 1. The Morgan fingerprint density at radius 2 is 2.09 bits per heavy atom. The van der Waals surface area contributed by atoms with Crippen molar-refractivity contribution >= 4 is 17.4 Å². The number of ketones is 1. The summed E-state index contributed by atoms with van der Waals surface area (Å²) in [6.07, 6.45) is 3.24. The van der Waals surface area contributed by atoms with Crippen LogP contribution in [0.25, 0.3) is 5.76 Å². The molecular weight excluding hydrogens is 420 g/mol. The molecule has 2 aliphatic rings. The van der Waals surface area contributed by atoms with Gasteiger partial charge >= 0.3 is 0 Å². The van der Waals surface area contributed by atoms with E-state index >= 15 is 0 Å². The van der Waals surface area contributed by atoms with Gasteiger partial charge in [0.1, 0.15) is 17.6 Å². The third kappa shape index (κ3) is 4.25. The van der Waals surface area contributed by atoms with Crippen LogP contribution in [0.15, 0.2) is 42.1 Å². The molecule has 2 aliphatic heterocycles. The van der Waals surface area contributed by atoms with Gasteiger partial charge in [0.25, 0.3) is 11.7 Å². The number of carbonyl (C=O) groups excluding carboxylic acids is 2. The van der Waals surface area contributed by atoms with Crippen LogP contribution in [-0.4, -0.2) is 53.0 Å². The number of pyridine rings is 1. The normalized spacial score (nSPS) is 22.4. The van der Waals surface area contributed by atoms with Gasteiger partial charge in [-0.15, -0.1) is 0 Å². The minimum atomic E-state index is -0.778. The van der Waals surface area contributed by atoms with E-state index in [2.05, 4.69) is 4.98 Å². The summed E-state index contributed by atoms with van der Waals surface area (Å²) >= 11 is 0. The second kappa shape index (κ2) is 9.35. The van der Waals surface area contributed by atoms with Crippen molar-refractivity contribution < 1.29 is 24.2 Å². The lowest BCUT2D eigenvalue weighted by molar-refractivity contribution is -0.140. The van der Waals surface area contributed by atoms with Crippen LogP contribution in [0.3, 0.4) is 0 Å². The zero-order chi connectivity index (χ0) is 23.7. The van der Waals surface area contributed by atoms with Crippen molar-refractivity contribution in [2.45, 2.75) is 51.7 Å². The van der Waals surface area contributed by atoms with Crippen LogP contribution < -0.4 is 4.74 Å². The van der Waals surface area contributed by atoms with Gasteiger partial charge in [-0.2, -0.15) is 0 Å². The zero-order valence-electron chi connectivity index (χ0n) is 19.5. The Balaban J connectivity index is 1.87. The average molecular weight is 451 g/mol. The lowest BCUT2D eigenvalue weighted by Gasteiger charge is -2.27. The molecule has 2 unspecified atom stereocenters. The lowest BCUT2D eigenvalue weighted by Crippen LogP contribution is -2.36. The molecule has 1 aromatic carbocycles. The van der Waals surface area contributed by atoms with Crippen molar-refractivity contribution in [2.75, 3.05) is 20.3 Å². The van der Waals surface area contributed by atoms with E-state index in [0.29, 0.717) is 17.9 Å². The van der Waals surface area contributed by atoms with Gasteiger partial charge < -0.3 is 19.5 Å². The fraction of sp³-hybridized carbons (Fsp3) is 0.423. The molecule has 2 atom stereocenters. The molecule has 2 aromatic rings. The molecule has 0 aliphatic carbocycles. The van der Waals surface area contributed by atoms with Gasteiger partial charge in [-0.05, 0) is 61.1 Å². The van der Waals surface area contributed by atoms with Gasteiger partial charge in [-0.3, -0.25) is 14.6 Å². The number of aliphatic hydroxyl groups excluding tert-OH is 1. The fourth-order valence-electron chi connectivity index (χ4n) is 4.65.